The lowest BCUT2D eigenvalue weighted by Gasteiger charge is -2.13. The normalized spacial score (nSPS) is 10.2. The van der Waals surface area contributed by atoms with Crippen molar-refractivity contribution in [3.63, 3.8) is 0 Å². The lowest BCUT2D eigenvalue weighted by atomic mass is 10.1. The van der Waals surface area contributed by atoms with Crippen LogP contribution in [-0.4, -0.2) is 21.3 Å². The lowest BCUT2D eigenvalue weighted by Crippen LogP contribution is -1.95. The van der Waals surface area contributed by atoms with Gasteiger partial charge in [0.05, 0.1) is 21.3 Å². The maximum atomic E-state index is 5.37. The molecule has 1 radical (unpaired) electrons. The Labute approximate surface area is 94.5 Å². The number of benzene rings is 2. The summed E-state index contributed by atoms with van der Waals surface area (Å²) in [5.74, 6) is 1.80. The third-order valence-electron chi connectivity index (χ3n) is 2.44. The highest BCUT2D eigenvalue weighted by Gasteiger charge is 2.15. The summed E-state index contributed by atoms with van der Waals surface area (Å²) < 4.78 is 15.9. The van der Waals surface area contributed by atoms with E-state index in [0.717, 1.165) is 10.8 Å². The summed E-state index contributed by atoms with van der Waals surface area (Å²) in [4.78, 5) is 0. The fraction of sp³-hybridized carbons (Fsp3) is 0.231. The van der Waals surface area contributed by atoms with Gasteiger partial charge in [0, 0.05) is 11.5 Å². The molecule has 3 heteroatoms. The van der Waals surface area contributed by atoms with Crippen molar-refractivity contribution in [2.45, 2.75) is 0 Å². The second kappa shape index (κ2) is 4.31. The van der Waals surface area contributed by atoms with Gasteiger partial charge in [-0.25, -0.2) is 0 Å². The van der Waals surface area contributed by atoms with Crippen molar-refractivity contribution >= 4 is 10.8 Å². The summed E-state index contributed by atoms with van der Waals surface area (Å²) in [6, 6.07) is 11.0. The average Bonchev–Trinajstić information content (AvgIpc) is 2.36. The Hall–Kier alpha value is -1.90. The second-order valence-corrected chi connectivity index (χ2v) is 3.27. The minimum Gasteiger partial charge on any atom is -0.492 e. The Morgan fingerprint density at radius 1 is 0.875 bits per heavy atom. The molecule has 0 unspecified atom stereocenters. The molecule has 0 saturated heterocycles. The minimum absolute atomic E-state index is 0.554. The first-order valence-corrected chi connectivity index (χ1v) is 4.91. The molecule has 0 aliphatic rings. The monoisotopic (exact) mass is 217 g/mol. The SMILES string of the molecule is COc1[c]c2ccccc2c(OC)c1OC. The zero-order chi connectivity index (χ0) is 11.5. The first-order chi connectivity index (χ1) is 7.81. The van der Waals surface area contributed by atoms with Crippen LogP contribution in [0.5, 0.6) is 17.2 Å². The lowest BCUT2D eigenvalue weighted by molar-refractivity contribution is 0.327. The molecule has 0 aliphatic carbocycles. The molecule has 0 N–H and O–H groups in total. The molecule has 0 amide bonds. The van der Waals surface area contributed by atoms with E-state index in [1.54, 1.807) is 21.3 Å². The number of ether oxygens (including phenoxy) is 3. The molecule has 0 atom stereocenters. The Kier molecular flexibility index (Phi) is 2.86. The molecule has 0 fully saturated rings. The van der Waals surface area contributed by atoms with Crippen LogP contribution in [-0.2, 0) is 0 Å². The van der Waals surface area contributed by atoms with Crippen molar-refractivity contribution in [1.82, 2.24) is 0 Å². The maximum Gasteiger partial charge on any atom is 0.204 e. The molecule has 16 heavy (non-hydrogen) atoms. The maximum absolute atomic E-state index is 5.37. The van der Waals surface area contributed by atoms with E-state index in [-0.39, 0.29) is 0 Å². The molecule has 0 saturated carbocycles. The molecule has 2 rings (SSSR count). The summed E-state index contributed by atoms with van der Waals surface area (Å²) in [6.07, 6.45) is 0. The first kappa shape index (κ1) is 10.6. The van der Waals surface area contributed by atoms with Crippen LogP contribution in [0.3, 0.4) is 0 Å². The molecule has 0 aromatic heterocycles. The highest BCUT2D eigenvalue weighted by molar-refractivity contribution is 5.92. The Bertz CT molecular complexity index is 506. The predicted octanol–water partition coefficient (Wildman–Crippen LogP) is 2.67. The van der Waals surface area contributed by atoms with E-state index >= 15 is 0 Å². The molecule has 2 aromatic rings. The fourth-order valence-electron chi connectivity index (χ4n) is 1.73. The van der Waals surface area contributed by atoms with Gasteiger partial charge in [0.1, 0.15) is 0 Å². The number of fused-ring (bicyclic) bond motifs is 1. The molecule has 0 aliphatic heterocycles. The van der Waals surface area contributed by atoms with E-state index in [9.17, 15) is 0 Å². The molecule has 0 bridgehead atoms. The molecular weight excluding hydrogens is 204 g/mol. The van der Waals surface area contributed by atoms with E-state index in [2.05, 4.69) is 6.07 Å². The summed E-state index contributed by atoms with van der Waals surface area (Å²) in [5.41, 5.74) is 0. The molecule has 0 heterocycles. The standard InChI is InChI=1S/C13H13O3/c1-14-11-8-9-6-4-5-7-10(9)12(15-2)13(11)16-3/h4-7H,1-3H3. The van der Waals surface area contributed by atoms with E-state index in [0.29, 0.717) is 17.2 Å². The minimum atomic E-state index is 0.554. The van der Waals surface area contributed by atoms with Crippen molar-refractivity contribution in [3.05, 3.63) is 30.3 Å². The van der Waals surface area contributed by atoms with E-state index < -0.39 is 0 Å². The van der Waals surface area contributed by atoms with Gasteiger partial charge in [0.15, 0.2) is 11.5 Å². The zero-order valence-electron chi connectivity index (χ0n) is 9.53. The van der Waals surface area contributed by atoms with Gasteiger partial charge in [0.2, 0.25) is 5.75 Å². The van der Waals surface area contributed by atoms with Gasteiger partial charge >= 0.3 is 0 Å². The number of hydrogen-bond acceptors (Lipinski definition) is 3. The van der Waals surface area contributed by atoms with Gasteiger partial charge < -0.3 is 14.2 Å². The van der Waals surface area contributed by atoms with Crippen molar-refractivity contribution in [2.75, 3.05) is 21.3 Å². The van der Waals surface area contributed by atoms with Crippen LogP contribution in [0.15, 0.2) is 24.3 Å². The third kappa shape index (κ3) is 1.54. The van der Waals surface area contributed by atoms with Crippen LogP contribution in [0, 0.1) is 6.07 Å². The van der Waals surface area contributed by atoms with Crippen LogP contribution in [0.2, 0.25) is 0 Å². The third-order valence-corrected chi connectivity index (χ3v) is 2.44. The highest BCUT2D eigenvalue weighted by Crippen LogP contribution is 2.42. The van der Waals surface area contributed by atoms with Gasteiger partial charge in [-0.2, -0.15) is 0 Å². The average molecular weight is 217 g/mol. The largest absolute Gasteiger partial charge is 0.492 e. The van der Waals surface area contributed by atoms with E-state index in [1.165, 1.54) is 0 Å². The van der Waals surface area contributed by atoms with Crippen LogP contribution in [0.1, 0.15) is 0 Å². The summed E-state index contributed by atoms with van der Waals surface area (Å²) in [6.45, 7) is 0. The van der Waals surface area contributed by atoms with Crippen molar-refractivity contribution in [1.29, 1.82) is 0 Å². The topological polar surface area (TPSA) is 27.7 Å². The van der Waals surface area contributed by atoms with E-state index in [1.807, 2.05) is 24.3 Å². The molecule has 3 nitrogen and oxygen atoms in total. The quantitative estimate of drug-likeness (QED) is 0.791. The van der Waals surface area contributed by atoms with Crippen LogP contribution in [0.25, 0.3) is 10.8 Å². The summed E-state index contributed by atoms with van der Waals surface area (Å²) in [7, 11) is 4.79. The predicted molar refractivity (Wildman–Crippen MR) is 62.4 cm³/mol. The van der Waals surface area contributed by atoms with E-state index in [4.69, 9.17) is 14.2 Å². The second-order valence-electron chi connectivity index (χ2n) is 3.27. The van der Waals surface area contributed by atoms with Gasteiger partial charge in [-0.3, -0.25) is 0 Å². The highest BCUT2D eigenvalue weighted by atomic mass is 16.5. The molecule has 83 valence electrons. The van der Waals surface area contributed by atoms with Crippen LogP contribution >= 0.6 is 0 Å². The van der Waals surface area contributed by atoms with Crippen LogP contribution in [0.4, 0.5) is 0 Å². The fourth-order valence-corrected chi connectivity index (χ4v) is 1.73. The van der Waals surface area contributed by atoms with Crippen molar-refractivity contribution in [3.8, 4) is 17.2 Å². The number of methoxy groups -OCH3 is 3. The molecule has 2 aromatic carbocycles. The smallest absolute Gasteiger partial charge is 0.204 e. The van der Waals surface area contributed by atoms with Gasteiger partial charge in [-0.1, -0.05) is 24.3 Å². The Morgan fingerprint density at radius 2 is 1.56 bits per heavy atom. The van der Waals surface area contributed by atoms with Gasteiger partial charge in [0.25, 0.3) is 0 Å². The number of rotatable bonds is 3. The van der Waals surface area contributed by atoms with Crippen molar-refractivity contribution in [2.24, 2.45) is 0 Å². The van der Waals surface area contributed by atoms with Crippen molar-refractivity contribution < 1.29 is 14.2 Å². The van der Waals surface area contributed by atoms with Gasteiger partial charge in [-0.15, -0.1) is 0 Å². The zero-order valence-corrected chi connectivity index (χ0v) is 9.53. The summed E-state index contributed by atoms with van der Waals surface area (Å²) >= 11 is 0. The van der Waals surface area contributed by atoms with Crippen LogP contribution < -0.4 is 14.2 Å². The Balaban J connectivity index is 2.82. The first-order valence-electron chi connectivity index (χ1n) is 4.91. The number of hydrogen-bond donors (Lipinski definition) is 0. The van der Waals surface area contributed by atoms with Gasteiger partial charge in [-0.05, 0) is 5.39 Å². The summed E-state index contributed by atoms with van der Waals surface area (Å²) in [5, 5.41) is 1.90. The molecule has 0 spiro atoms. The molecular formula is C13H13O3. The Morgan fingerprint density at radius 3 is 2.19 bits per heavy atom.